The molecule has 1 heterocycles. The first-order chi connectivity index (χ1) is 12.9. The zero-order chi connectivity index (χ0) is 20.4. The number of nitrogens with zero attached hydrogens (tertiary/aromatic N) is 3. The van der Waals surface area contributed by atoms with E-state index in [1.54, 1.807) is 13.8 Å². The van der Waals surface area contributed by atoms with Crippen molar-refractivity contribution in [3.8, 4) is 0 Å². The molecule has 0 aliphatic carbocycles. The number of aromatic nitrogens is 2. The Balaban J connectivity index is 2.94. The van der Waals surface area contributed by atoms with E-state index in [-0.39, 0.29) is 47.6 Å². The van der Waals surface area contributed by atoms with Gasteiger partial charge in [-0.15, -0.1) is 0 Å². The first kappa shape index (κ1) is 22.0. The van der Waals surface area contributed by atoms with Crippen molar-refractivity contribution in [3.63, 3.8) is 0 Å². The molecule has 0 aliphatic heterocycles. The summed E-state index contributed by atoms with van der Waals surface area (Å²) in [5.74, 6) is -2.04. The fourth-order valence-electron chi connectivity index (χ4n) is 1.74. The van der Waals surface area contributed by atoms with E-state index in [1.807, 2.05) is 0 Å². The van der Waals surface area contributed by atoms with Crippen molar-refractivity contribution in [1.29, 1.82) is 0 Å². The fraction of sp³-hybridized carbons (Fsp3) is 0.429. The van der Waals surface area contributed by atoms with E-state index in [4.69, 9.17) is 25.6 Å². The molecule has 27 heavy (non-hydrogen) atoms. The molecule has 0 saturated heterocycles. The van der Waals surface area contributed by atoms with Gasteiger partial charge in [-0.25, -0.2) is 14.6 Å². The summed E-state index contributed by atoms with van der Waals surface area (Å²) in [4.78, 5) is 41.7. The number of carbonyl (C=O) groups excluding carboxylic acids is 2. The van der Waals surface area contributed by atoms with Crippen molar-refractivity contribution < 1.29 is 29.5 Å². The van der Waals surface area contributed by atoms with E-state index >= 15 is 0 Å². The molecule has 0 amide bonds. The molecule has 13 heteroatoms. The van der Waals surface area contributed by atoms with Gasteiger partial charge in [0.1, 0.15) is 5.82 Å². The van der Waals surface area contributed by atoms with E-state index in [1.165, 1.54) is 0 Å². The Hall–Kier alpha value is -3.09. The molecule has 1 aromatic heterocycles. The van der Waals surface area contributed by atoms with Crippen LogP contribution >= 0.6 is 11.8 Å². The summed E-state index contributed by atoms with van der Waals surface area (Å²) >= 11 is 0.874. The van der Waals surface area contributed by atoms with Gasteiger partial charge in [0, 0.05) is 6.42 Å². The van der Waals surface area contributed by atoms with Crippen LogP contribution in [-0.2, 0) is 25.5 Å². The highest BCUT2D eigenvalue weighted by Crippen LogP contribution is 2.15. The molecule has 0 aromatic carbocycles. The van der Waals surface area contributed by atoms with Crippen molar-refractivity contribution in [3.05, 3.63) is 15.9 Å². The van der Waals surface area contributed by atoms with Crippen LogP contribution in [0.3, 0.4) is 0 Å². The van der Waals surface area contributed by atoms with Crippen LogP contribution in [-0.4, -0.2) is 62.7 Å². The number of H-pyrrole nitrogens is 1. The van der Waals surface area contributed by atoms with E-state index in [2.05, 4.69) is 20.3 Å². The Morgan fingerprint density at radius 2 is 1.70 bits per heavy atom. The number of nitrogens with one attached hydrogen (secondary N) is 1. The lowest BCUT2D eigenvalue weighted by molar-refractivity contribution is -0.136. The second-order valence-electron chi connectivity index (χ2n) is 4.73. The van der Waals surface area contributed by atoms with Gasteiger partial charge < -0.3 is 30.6 Å². The predicted octanol–water partition coefficient (Wildman–Crippen LogP) is -0.227. The van der Waals surface area contributed by atoms with E-state index in [0.29, 0.717) is 0 Å². The molecule has 0 aliphatic rings. The Morgan fingerprint density at radius 1 is 1.15 bits per heavy atom. The lowest BCUT2D eigenvalue weighted by Crippen LogP contribution is -2.26. The standard InChI is InChI=1S/C14H19N5O7S/c1-3-25-12(21)8(18-23)5-7-10(15)16-14(17-11(7)20)27-6-9(19-24)13(22)26-4-2/h23-24H,3-6H2,1-2H3,(H3,15,16,17,20)/b18-8-,19-9+. The molecule has 0 radical (unpaired) electrons. The number of nitrogen functional groups attached to an aromatic ring is 1. The minimum absolute atomic E-state index is 0.0466. The third kappa shape index (κ3) is 6.29. The van der Waals surface area contributed by atoms with Crippen molar-refractivity contribution in [1.82, 2.24) is 9.97 Å². The largest absolute Gasteiger partial charge is 0.461 e. The fourth-order valence-corrected chi connectivity index (χ4v) is 2.52. The number of hydrogen-bond donors (Lipinski definition) is 4. The summed E-state index contributed by atoms with van der Waals surface area (Å²) in [5.41, 5.74) is 4.29. The molecule has 0 spiro atoms. The summed E-state index contributed by atoms with van der Waals surface area (Å²) in [7, 11) is 0. The Morgan fingerprint density at radius 3 is 2.19 bits per heavy atom. The highest BCUT2D eigenvalue weighted by Gasteiger charge is 2.20. The van der Waals surface area contributed by atoms with E-state index in [0.717, 1.165) is 11.8 Å². The smallest absolute Gasteiger partial charge is 0.356 e. The number of carbonyl (C=O) groups is 2. The molecule has 0 unspecified atom stereocenters. The number of rotatable bonds is 9. The summed E-state index contributed by atoms with van der Waals surface area (Å²) in [6.07, 6.45) is -0.388. The highest BCUT2D eigenvalue weighted by atomic mass is 32.2. The van der Waals surface area contributed by atoms with Gasteiger partial charge in [0.05, 0.1) is 24.5 Å². The maximum atomic E-state index is 12.2. The van der Waals surface area contributed by atoms with Gasteiger partial charge in [0.25, 0.3) is 5.56 Å². The number of anilines is 1. The maximum absolute atomic E-state index is 12.2. The van der Waals surface area contributed by atoms with Gasteiger partial charge >= 0.3 is 11.9 Å². The number of oxime groups is 2. The van der Waals surface area contributed by atoms with Crippen LogP contribution in [0.15, 0.2) is 20.3 Å². The molecule has 12 nitrogen and oxygen atoms in total. The molecule has 148 valence electrons. The number of nitrogens with two attached hydrogens (primary N) is 1. The maximum Gasteiger partial charge on any atom is 0.356 e. The number of aromatic amines is 1. The molecule has 0 fully saturated rings. The molecular formula is C14H19N5O7S. The predicted molar refractivity (Wildman–Crippen MR) is 95.4 cm³/mol. The van der Waals surface area contributed by atoms with Crippen molar-refractivity contribution in [2.45, 2.75) is 25.4 Å². The zero-order valence-corrected chi connectivity index (χ0v) is 15.4. The molecular weight excluding hydrogens is 382 g/mol. The zero-order valence-electron chi connectivity index (χ0n) is 14.6. The van der Waals surface area contributed by atoms with Crippen LogP contribution in [0.25, 0.3) is 0 Å². The van der Waals surface area contributed by atoms with Crippen molar-refractivity contribution >= 4 is 40.9 Å². The summed E-state index contributed by atoms with van der Waals surface area (Å²) in [6.45, 7) is 3.34. The minimum Gasteiger partial charge on any atom is -0.461 e. The second kappa shape index (κ2) is 10.8. The average molecular weight is 401 g/mol. The number of hydrogen-bond acceptors (Lipinski definition) is 12. The average Bonchev–Trinajstić information content (AvgIpc) is 2.62. The lowest BCUT2D eigenvalue weighted by atomic mass is 10.1. The number of thioether (sulfide) groups is 1. The highest BCUT2D eigenvalue weighted by molar-refractivity contribution is 7.99. The first-order valence-corrected chi connectivity index (χ1v) is 8.63. The molecule has 0 saturated carbocycles. The van der Waals surface area contributed by atoms with E-state index < -0.39 is 23.2 Å². The van der Waals surface area contributed by atoms with Crippen molar-refractivity contribution in [2.24, 2.45) is 10.3 Å². The molecule has 1 aromatic rings. The quantitative estimate of drug-likeness (QED) is 0.107. The summed E-state index contributed by atoms with van der Waals surface area (Å²) in [5, 5.41) is 23.5. The molecule has 5 N–H and O–H groups in total. The Kier molecular flexibility index (Phi) is 8.78. The molecule has 1 rings (SSSR count). The van der Waals surface area contributed by atoms with Gasteiger partial charge in [0.2, 0.25) is 0 Å². The number of ether oxygens (including phenoxy) is 2. The molecule has 0 atom stereocenters. The topological polar surface area (TPSA) is 190 Å². The van der Waals surface area contributed by atoms with Crippen molar-refractivity contribution in [2.75, 3.05) is 24.7 Å². The second-order valence-corrected chi connectivity index (χ2v) is 5.70. The van der Waals surface area contributed by atoms with Crippen LogP contribution in [0.5, 0.6) is 0 Å². The van der Waals surface area contributed by atoms with Gasteiger partial charge in [-0.05, 0) is 13.8 Å². The third-order valence-corrected chi connectivity index (χ3v) is 3.86. The van der Waals surface area contributed by atoms with E-state index in [9.17, 15) is 14.4 Å². The van der Waals surface area contributed by atoms with Gasteiger partial charge in [0.15, 0.2) is 16.6 Å². The lowest BCUT2D eigenvalue weighted by Gasteiger charge is -2.08. The summed E-state index contributed by atoms with van der Waals surface area (Å²) in [6, 6.07) is 0. The number of esters is 2. The van der Waals surface area contributed by atoms with Crippen LogP contribution in [0.4, 0.5) is 5.82 Å². The molecule has 0 bridgehead atoms. The van der Waals surface area contributed by atoms with Gasteiger partial charge in [-0.1, -0.05) is 22.1 Å². The monoisotopic (exact) mass is 401 g/mol. The Labute approximate surface area is 157 Å². The SMILES string of the molecule is CCOC(=O)/C(CSc1nc(N)c(C/C(=N/O)C(=O)OCC)c(=O)[nH]1)=N/O. The van der Waals surface area contributed by atoms with Crippen LogP contribution in [0, 0.1) is 0 Å². The first-order valence-electron chi connectivity index (χ1n) is 7.65. The van der Waals surface area contributed by atoms with Crippen LogP contribution < -0.4 is 11.3 Å². The Bertz CT molecular complexity index is 806. The third-order valence-electron chi connectivity index (χ3n) is 2.98. The van der Waals surface area contributed by atoms with Gasteiger partial charge in [-0.2, -0.15) is 0 Å². The van der Waals surface area contributed by atoms with Crippen LogP contribution in [0.2, 0.25) is 0 Å². The van der Waals surface area contributed by atoms with Gasteiger partial charge in [-0.3, -0.25) is 4.79 Å². The van der Waals surface area contributed by atoms with Crippen LogP contribution in [0.1, 0.15) is 19.4 Å². The minimum atomic E-state index is -0.893. The summed E-state index contributed by atoms with van der Waals surface area (Å²) < 4.78 is 9.41. The normalized spacial score (nSPS) is 11.9.